The molecule has 0 aliphatic heterocycles. The molecule has 0 radical (unpaired) electrons. The predicted octanol–water partition coefficient (Wildman–Crippen LogP) is 0.0501. The zero-order valence-corrected chi connectivity index (χ0v) is 9.50. The van der Waals surface area contributed by atoms with Crippen LogP contribution in [0.2, 0.25) is 0 Å². The Balaban J connectivity index is 2.87. The van der Waals surface area contributed by atoms with E-state index in [0.717, 1.165) is 0 Å². The van der Waals surface area contributed by atoms with Crippen molar-refractivity contribution in [2.75, 3.05) is 13.7 Å². The molecule has 1 unspecified atom stereocenters. The fourth-order valence-corrected chi connectivity index (χ4v) is 1.50. The topological polar surface area (TPSA) is 75.6 Å². The van der Waals surface area contributed by atoms with Crippen molar-refractivity contribution in [3.8, 4) is 0 Å². The van der Waals surface area contributed by atoms with Gasteiger partial charge in [-0.2, -0.15) is 0 Å². The molecule has 2 atom stereocenters. The average molecular weight is 237 g/mol. The summed E-state index contributed by atoms with van der Waals surface area (Å²) in [7, 11) is 1.20. The van der Waals surface area contributed by atoms with E-state index in [1.54, 1.807) is 24.3 Å². The third-order valence-electron chi connectivity index (χ3n) is 2.34. The average Bonchev–Trinajstić information content (AvgIpc) is 2.39. The van der Waals surface area contributed by atoms with Gasteiger partial charge in [0.05, 0.1) is 19.7 Å². The number of nitrogens with one attached hydrogen (secondary N) is 1. The van der Waals surface area contributed by atoms with Crippen molar-refractivity contribution in [1.29, 1.82) is 0 Å². The molecule has 17 heavy (non-hydrogen) atoms. The lowest BCUT2D eigenvalue weighted by atomic mass is 10.0. The van der Waals surface area contributed by atoms with Gasteiger partial charge in [0.15, 0.2) is 6.10 Å². The van der Waals surface area contributed by atoms with Gasteiger partial charge in [-0.3, -0.25) is 0 Å². The molecule has 0 saturated heterocycles. The minimum absolute atomic E-state index is 0.0492. The normalized spacial score (nSPS) is 13.8. The molecule has 5 nitrogen and oxygen atoms in total. The second-order valence-electron chi connectivity index (χ2n) is 3.43. The van der Waals surface area contributed by atoms with Gasteiger partial charge in [-0.05, 0) is 5.56 Å². The highest BCUT2D eigenvalue weighted by Crippen LogP contribution is 2.17. The summed E-state index contributed by atoms with van der Waals surface area (Å²) in [5.74, 6) is -0.739. The number of methoxy groups -OCH3 is 1. The summed E-state index contributed by atoms with van der Waals surface area (Å²) in [6.07, 6.45) is -0.678. The van der Waals surface area contributed by atoms with E-state index in [-0.39, 0.29) is 6.54 Å². The van der Waals surface area contributed by atoms with Crippen LogP contribution in [0.3, 0.4) is 0 Å². The van der Waals surface area contributed by atoms with Crippen LogP contribution in [-0.4, -0.2) is 37.1 Å². The molecule has 5 heteroatoms. The maximum atomic E-state index is 11.3. The van der Waals surface area contributed by atoms with Gasteiger partial charge < -0.3 is 20.0 Å². The fourth-order valence-electron chi connectivity index (χ4n) is 1.50. The monoisotopic (exact) mass is 237 g/mol. The highest BCUT2D eigenvalue weighted by molar-refractivity contribution is 5.75. The minimum Gasteiger partial charge on any atom is -0.467 e. The fraction of sp³-hybridized carbons (Fsp3) is 0.333. The van der Waals surface area contributed by atoms with Crippen LogP contribution in [0.5, 0.6) is 0 Å². The first-order valence-corrected chi connectivity index (χ1v) is 5.18. The summed E-state index contributed by atoms with van der Waals surface area (Å²) in [6.45, 7) is 0.0492. The predicted molar refractivity (Wildman–Crippen MR) is 61.3 cm³/mol. The molecule has 1 aromatic carbocycles. The van der Waals surface area contributed by atoms with Crippen molar-refractivity contribution in [3.63, 3.8) is 0 Å². The molecule has 0 heterocycles. The number of carbonyl (C=O) groups is 2. The molecule has 92 valence electrons. The molecule has 0 aromatic heterocycles. The Morgan fingerprint density at radius 3 is 2.65 bits per heavy atom. The number of aldehydes is 1. The van der Waals surface area contributed by atoms with Crippen LogP contribution in [0.4, 0.5) is 0 Å². The van der Waals surface area contributed by atoms with Crippen molar-refractivity contribution in [2.45, 2.75) is 12.1 Å². The maximum Gasteiger partial charge on any atom is 0.336 e. The Labute approximate surface area is 99.4 Å². The van der Waals surface area contributed by atoms with E-state index in [9.17, 15) is 14.7 Å². The third-order valence-corrected chi connectivity index (χ3v) is 2.34. The Kier molecular flexibility index (Phi) is 5.32. The standard InChI is InChI=1S/C12H15NO4/c1-17-12(16)11(15)10(13-7-8-14)9-5-3-2-4-6-9/h2-6,8,10-11,13,15H,7H2,1H3/t10?,11-/m1/s1. The van der Waals surface area contributed by atoms with Crippen LogP contribution in [0.1, 0.15) is 11.6 Å². The smallest absolute Gasteiger partial charge is 0.336 e. The lowest BCUT2D eigenvalue weighted by Crippen LogP contribution is -2.38. The molecule has 0 spiro atoms. The van der Waals surface area contributed by atoms with Gasteiger partial charge >= 0.3 is 5.97 Å². The lowest BCUT2D eigenvalue weighted by molar-refractivity contribution is -0.152. The number of aliphatic hydroxyl groups excluding tert-OH is 1. The number of hydrogen-bond acceptors (Lipinski definition) is 5. The number of aliphatic hydroxyl groups is 1. The molecule has 0 aliphatic carbocycles. The molecular weight excluding hydrogens is 222 g/mol. The Bertz CT molecular complexity index is 366. The largest absolute Gasteiger partial charge is 0.467 e. The summed E-state index contributed by atoms with van der Waals surface area (Å²) in [5.41, 5.74) is 0.715. The van der Waals surface area contributed by atoms with E-state index in [1.165, 1.54) is 7.11 Å². The summed E-state index contributed by atoms with van der Waals surface area (Å²) in [5, 5.41) is 12.6. The number of hydrogen-bond donors (Lipinski definition) is 2. The van der Waals surface area contributed by atoms with Gasteiger partial charge in [0.25, 0.3) is 0 Å². The van der Waals surface area contributed by atoms with Gasteiger partial charge in [0, 0.05) is 0 Å². The first-order valence-electron chi connectivity index (χ1n) is 5.18. The second-order valence-corrected chi connectivity index (χ2v) is 3.43. The Hall–Kier alpha value is -1.72. The lowest BCUT2D eigenvalue weighted by Gasteiger charge is -2.21. The number of benzene rings is 1. The highest BCUT2D eigenvalue weighted by Gasteiger charge is 2.27. The number of ether oxygens (including phenoxy) is 1. The minimum atomic E-state index is -1.35. The van der Waals surface area contributed by atoms with Crippen LogP contribution in [0.25, 0.3) is 0 Å². The van der Waals surface area contributed by atoms with E-state index in [4.69, 9.17) is 0 Å². The molecule has 1 aromatic rings. The summed E-state index contributed by atoms with van der Waals surface area (Å²) >= 11 is 0. The number of rotatable bonds is 6. The molecule has 0 saturated carbocycles. The van der Waals surface area contributed by atoms with Crippen molar-refractivity contribution in [2.24, 2.45) is 0 Å². The summed E-state index contributed by atoms with van der Waals surface area (Å²) in [6, 6.07) is 8.26. The van der Waals surface area contributed by atoms with E-state index in [0.29, 0.717) is 11.8 Å². The maximum absolute atomic E-state index is 11.3. The quantitative estimate of drug-likeness (QED) is 0.540. The van der Waals surface area contributed by atoms with Crippen molar-refractivity contribution >= 4 is 12.3 Å². The van der Waals surface area contributed by atoms with Gasteiger partial charge in [0.1, 0.15) is 6.29 Å². The molecule has 2 N–H and O–H groups in total. The van der Waals surface area contributed by atoms with Gasteiger partial charge in [0.2, 0.25) is 0 Å². The molecule has 0 bridgehead atoms. The van der Waals surface area contributed by atoms with E-state index < -0.39 is 18.1 Å². The number of esters is 1. The van der Waals surface area contributed by atoms with Crippen molar-refractivity contribution in [3.05, 3.63) is 35.9 Å². The third kappa shape index (κ3) is 3.65. The van der Waals surface area contributed by atoms with Crippen LogP contribution in [0.15, 0.2) is 30.3 Å². The number of carbonyl (C=O) groups excluding carboxylic acids is 2. The van der Waals surface area contributed by atoms with Crippen LogP contribution >= 0.6 is 0 Å². The Morgan fingerprint density at radius 1 is 1.47 bits per heavy atom. The molecule has 0 amide bonds. The zero-order valence-electron chi connectivity index (χ0n) is 9.50. The summed E-state index contributed by atoms with van der Waals surface area (Å²) in [4.78, 5) is 21.6. The molecular formula is C12H15NO4. The Morgan fingerprint density at radius 2 is 2.12 bits per heavy atom. The SMILES string of the molecule is COC(=O)[C@H](O)C(NCC=O)c1ccccc1. The van der Waals surface area contributed by atoms with E-state index in [2.05, 4.69) is 10.1 Å². The first kappa shape index (κ1) is 13.3. The van der Waals surface area contributed by atoms with E-state index >= 15 is 0 Å². The molecule has 0 fully saturated rings. The van der Waals surface area contributed by atoms with Crippen molar-refractivity contribution in [1.82, 2.24) is 5.32 Å². The van der Waals surface area contributed by atoms with Gasteiger partial charge in [-0.25, -0.2) is 4.79 Å². The first-order chi connectivity index (χ1) is 8.20. The van der Waals surface area contributed by atoms with Crippen LogP contribution in [-0.2, 0) is 14.3 Å². The van der Waals surface area contributed by atoms with Crippen LogP contribution in [0, 0.1) is 0 Å². The summed E-state index contributed by atoms with van der Waals surface area (Å²) < 4.78 is 4.48. The second kappa shape index (κ2) is 6.78. The van der Waals surface area contributed by atoms with E-state index in [1.807, 2.05) is 6.07 Å². The zero-order chi connectivity index (χ0) is 12.7. The van der Waals surface area contributed by atoms with Gasteiger partial charge in [-0.15, -0.1) is 0 Å². The van der Waals surface area contributed by atoms with Crippen LogP contribution < -0.4 is 5.32 Å². The van der Waals surface area contributed by atoms with Gasteiger partial charge in [-0.1, -0.05) is 30.3 Å². The molecule has 1 rings (SSSR count). The highest BCUT2D eigenvalue weighted by atomic mass is 16.5. The molecule has 0 aliphatic rings. The van der Waals surface area contributed by atoms with Crippen molar-refractivity contribution < 1.29 is 19.4 Å².